The van der Waals surface area contributed by atoms with Gasteiger partial charge in [0.25, 0.3) is 0 Å². The van der Waals surface area contributed by atoms with Gasteiger partial charge in [0.1, 0.15) is 0 Å². The van der Waals surface area contributed by atoms with Crippen molar-refractivity contribution in [2.75, 3.05) is 19.6 Å². The lowest BCUT2D eigenvalue weighted by atomic mass is 10.0. The quantitative estimate of drug-likeness (QED) is 0.641. The Morgan fingerprint density at radius 3 is 2.55 bits per heavy atom. The molecule has 0 bridgehead atoms. The molecule has 0 spiro atoms. The van der Waals surface area contributed by atoms with Crippen molar-refractivity contribution in [1.29, 1.82) is 5.26 Å². The molecular formula is C25H27N5O. The van der Waals surface area contributed by atoms with Gasteiger partial charge in [-0.3, -0.25) is 9.69 Å². The van der Waals surface area contributed by atoms with Gasteiger partial charge in [-0.05, 0) is 29.7 Å². The van der Waals surface area contributed by atoms with Crippen molar-refractivity contribution in [3.8, 4) is 6.07 Å². The molecule has 0 aliphatic carbocycles. The van der Waals surface area contributed by atoms with E-state index in [0.717, 1.165) is 50.4 Å². The minimum absolute atomic E-state index is 0.118. The first-order chi connectivity index (χ1) is 15.1. The first-order valence-electron chi connectivity index (χ1n) is 10.7. The maximum atomic E-state index is 12.3. The SMILES string of the molecule is CC(=O)N1CCN(Cc2cncn2Cc2ccc(C#N)cc2)CCC1c1ccccc1. The molecule has 1 aliphatic heterocycles. The van der Waals surface area contributed by atoms with E-state index in [2.05, 4.69) is 32.7 Å². The summed E-state index contributed by atoms with van der Waals surface area (Å²) in [4.78, 5) is 21.1. The molecule has 1 aromatic heterocycles. The molecule has 158 valence electrons. The summed E-state index contributed by atoms with van der Waals surface area (Å²) in [6, 6.07) is 20.3. The summed E-state index contributed by atoms with van der Waals surface area (Å²) in [5.74, 6) is 0.126. The second-order valence-electron chi connectivity index (χ2n) is 8.03. The maximum absolute atomic E-state index is 12.3. The Morgan fingerprint density at radius 2 is 1.84 bits per heavy atom. The summed E-state index contributed by atoms with van der Waals surface area (Å²) in [6.07, 6.45) is 4.69. The minimum atomic E-state index is 0.118. The maximum Gasteiger partial charge on any atom is 0.220 e. The van der Waals surface area contributed by atoms with Crippen LogP contribution in [0.5, 0.6) is 0 Å². The number of nitrogens with zero attached hydrogens (tertiary/aromatic N) is 5. The van der Waals surface area contributed by atoms with E-state index in [1.165, 1.54) is 5.56 Å². The average Bonchev–Trinajstić information content (AvgIpc) is 3.10. The number of aromatic nitrogens is 2. The highest BCUT2D eigenvalue weighted by atomic mass is 16.2. The van der Waals surface area contributed by atoms with E-state index in [1.807, 2.05) is 59.9 Å². The first kappa shape index (κ1) is 20.8. The number of carbonyl (C=O) groups is 1. The van der Waals surface area contributed by atoms with Gasteiger partial charge < -0.3 is 9.47 Å². The summed E-state index contributed by atoms with van der Waals surface area (Å²) < 4.78 is 2.16. The zero-order chi connectivity index (χ0) is 21.6. The van der Waals surface area contributed by atoms with Crippen molar-refractivity contribution in [2.45, 2.75) is 32.5 Å². The van der Waals surface area contributed by atoms with Crippen LogP contribution in [0.4, 0.5) is 0 Å². The van der Waals surface area contributed by atoms with Crippen LogP contribution in [0.3, 0.4) is 0 Å². The number of carbonyl (C=O) groups excluding carboxylic acids is 1. The van der Waals surface area contributed by atoms with Gasteiger partial charge in [0, 0.05) is 45.8 Å². The molecule has 1 saturated heterocycles. The van der Waals surface area contributed by atoms with Gasteiger partial charge in [0.15, 0.2) is 0 Å². The average molecular weight is 414 g/mol. The topological polar surface area (TPSA) is 65.2 Å². The predicted octanol–water partition coefficient (Wildman–Crippen LogP) is 3.60. The third-order valence-corrected chi connectivity index (χ3v) is 5.96. The normalized spacial score (nSPS) is 17.2. The Balaban J connectivity index is 1.45. The van der Waals surface area contributed by atoms with Gasteiger partial charge >= 0.3 is 0 Å². The van der Waals surface area contributed by atoms with Crippen LogP contribution in [0.15, 0.2) is 67.1 Å². The lowest BCUT2D eigenvalue weighted by Crippen LogP contribution is -2.35. The molecule has 0 saturated carbocycles. The molecule has 0 radical (unpaired) electrons. The van der Waals surface area contributed by atoms with Crippen molar-refractivity contribution in [2.24, 2.45) is 0 Å². The van der Waals surface area contributed by atoms with Crippen LogP contribution in [0.25, 0.3) is 0 Å². The Kier molecular flexibility index (Phi) is 6.44. The molecule has 1 aliphatic rings. The van der Waals surface area contributed by atoms with E-state index in [9.17, 15) is 4.79 Å². The van der Waals surface area contributed by atoms with E-state index in [4.69, 9.17) is 5.26 Å². The molecule has 1 fully saturated rings. The fourth-order valence-electron chi connectivity index (χ4n) is 4.27. The van der Waals surface area contributed by atoms with E-state index in [1.54, 1.807) is 6.92 Å². The molecular weight excluding hydrogens is 386 g/mol. The number of hydrogen-bond acceptors (Lipinski definition) is 4. The third kappa shape index (κ3) is 5.01. The van der Waals surface area contributed by atoms with Gasteiger partial charge in [-0.15, -0.1) is 0 Å². The van der Waals surface area contributed by atoms with E-state index >= 15 is 0 Å². The van der Waals surface area contributed by atoms with Gasteiger partial charge in [0.05, 0.1) is 29.7 Å². The fraction of sp³-hybridized carbons (Fsp3) is 0.320. The van der Waals surface area contributed by atoms with E-state index < -0.39 is 0 Å². The van der Waals surface area contributed by atoms with E-state index in [0.29, 0.717) is 5.56 Å². The molecule has 6 nitrogen and oxygen atoms in total. The first-order valence-corrected chi connectivity index (χ1v) is 10.7. The summed E-state index contributed by atoms with van der Waals surface area (Å²) in [7, 11) is 0. The Hall–Kier alpha value is -3.43. The zero-order valence-corrected chi connectivity index (χ0v) is 17.8. The predicted molar refractivity (Wildman–Crippen MR) is 119 cm³/mol. The number of rotatable bonds is 5. The molecule has 2 aromatic carbocycles. The molecule has 31 heavy (non-hydrogen) atoms. The van der Waals surface area contributed by atoms with E-state index in [-0.39, 0.29) is 11.9 Å². The number of benzene rings is 2. The highest BCUT2D eigenvalue weighted by molar-refractivity contribution is 5.74. The molecule has 4 rings (SSSR count). The second kappa shape index (κ2) is 9.59. The van der Waals surface area contributed by atoms with Gasteiger partial charge in [-0.25, -0.2) is 4.98 Å². The lowest BCUT2D eigenvalue weighted by molar-refractivity contribution is -0.131. The molecule has 2 heterocycles. The van der Waals surface area contributed by atoms with Crippen molar-refractivity contribution in [3.63, 3.8) is 0 Å². The number of hydrogen-bond donors (Lipinski definition) is 0. The molecule has 1 unspecified atom stereocenters. The van der Waals surface area contributed by atoms with Crippen molar-refractivity contribution in [3.05, 3.63) is 89.5 Å². The molecule has 3 aromatic rings. The molecule has 0 N–H and O–H groups in total. The smallest absolute Gasteiger partial charge is 0.220 e. The van der Waals surface area contributed by atoms with Gasteiger partial charge in [-0.2, -0.15) is 5.26 Å². The number of imidazole rings is 1. The highest BCUT2D eigenvalue weighted by Crippen LogP contribution is 2.27. The third-order valence-electron chi connectivity index (χ3n) is 5.96. The van der Waals surface area contributed by atoms with Crippen LogP contribution in [0.1, 0.15) is 41.8 Å². The summed E-state index contributed by atoms with van der Waals surface area (Å²) in [5, 5.41) is 8.98. The summed E-state index contributed by atoms with van der Waals surface area (Å²) >= 11 is 0. The molecule has 6 heteroatoms. The van der Waals surface area contributed by atoms with Crippen LogP contribution >= 0.6 is 0 Å². The Morgan fingerprint density at radius 1 is 1.06 bits per heavy atom. The lowest BCUT2D eigenvalue weighted by Gasteiger charge is -2.29. The highest BCUT2D eigenvalue weighted by Gasteiger charge is 2.27. The summed E-state index contributed by atoms with van der Waals surface area (Å²) in [6.45, 7) is 5.66. The fourth-order valence-corrected chi connectivity index (χ4v) is 4.27. The monoisotopic (exact) mass is 413 g/mol. The minimum Gasteiger partial charge on any atom is -0.335 e. The van der Waals surface area contributed by atoms with Crippen LogP contribution in [0.2, 0.25) is 0 Å². The largest absolute Gasteiger partial charge is 0.335 e. The second-order valence-corrected chi connectivity index (χ2v) is 8.03. The van der Waals surface area contributed by atoms with Crippen molar-refractivity contribution in [1.82, 2.24) is 19.4 Å². The number of amides is 1. The number of nitriles is 1. The van der Waals surface area contributed by atoms with Crippen LogP contribution < -0.4 is 0 Å². The Labute approximate surface area is 183 Å². The van der Waals surface area contributed by atoms with Crippen molar-refractivity contribution < 1.29 is 4.79 Å². The molecule has 1 amide bonds. The van der Waals surface area contributed by atoms with Gasteiger partial charge in [0.2, 0.25) is 5.91 Å². The van der Waals surface area contributed by atoms with Gasteiger partial charge in [-0.1, -0.05) is 42.5 Å². The standard InChI is InChI=1S/C25H27N5O/c1-20(31)30-14-13-28(12-11-25(30)23-5-3-2-4-6-23)18-24-16-27-19-29(24)17-22-9-7-21(15-26)8-10-22/h2-10,16,19,25H,11-14,17-18H2,1H3. The van der Waals surface area contributed by atoms with Crippen LogP contribution in [0, 0.1) is 11.3 Å². The van der Waals surface area contributed by atoms with Crippen molar-refractivity contribution >= 4 is 5.91 Å². The van der Waals surface area contributed by atoms with Crippen LogP contribution in [-0.4, -0.2) is 44.9 Å². The summed E-state index contributed by atoms with van der Waals surface area (Å²) in [5.41, 5.74) is 4.16. The Bertz CT molecular complexity index is 1050. The zero-order valence-electron chi connectivity index (χ0n) is 17.8. The molecule has 1 atom stereocenters. The van der Waals surface area contributed by atoms with Crippen LogP contribution in [-0.2, 0) is 17.9 Å².